The molecule has 0 saturated heterocycles. The molecule has 0 aromatic carbocycles. The zero-order valence-corrected chi connectivity index (χ0v) is 6.84. The molecular formula is C8H12N2O2. The second-order valence-corrected chi connectivity index (χ2v) is 3.72. The first kappa shape index (κ1) is 7.73. The molecule has 0 unspecified atom stereocenters. The van der Waals surface area contributed by atoms with Crippen molar-refractivity contribution >= 4 is 11.6 Å². The van der Waals surface area contributed by atoms with E-state index < -0.39 is 12.5 Å². The van der Waals surface area contributed by atoms with Crippen LogP contribution < -0.4 is 5.43 Å². The fourth-order valence-corrected chi connectivity index (χ4v) is 1.60. The molecule has 0 aliphatic heterocycles. The van der Waals surface area contributed by atoms with Crippen molar-refractivity contribution in [2.24, 2.45) is 10.5 Å². The zero-order valence-electron chi connectivity index (χ0n) is 6.84. The molecule has 0 radical (unpaired) electrons. The topological polar surface area (TPSA) is 61.7 Å². The minimum Gasteiger partial charge on any atom is -0.386 e. The summed E-state index contributed by atoms with van der Waals surface area (Å²) in [6, 6.07) is 0. The number of hydrazone groups is 1. The lowest BCUT2D eigenvalue weighted by atomic mass is 9.80. The second-order valence-electron chi connectivity index (χ2n) is 3.72. The van der Waals surface area contributed by atoms with Crippen molar-refractivity contribution < 1.29 is 9.90 Å². The molecule has 1 spiro atoms. The fraction of sp³-hybridized carbons (Fsp3) is 0.750. The van der Waals surface area contributed by atoms with Crippen molar-refractivity contribution in [3.63, 3.8) is 0 Å². The number of carbonyl (C=O) groups excluding carboxylic acids is 1. The molecule has 2 aliphatic carbocycles. The summed E-state index contributed by atoms with van der Waals surface area (Å²) in [6.07, 6.45) is 4.72. The first-order valence-corrected chi connectivity index (χ1v) is 4.19. The first-order valence-electron chi connectivity index (χ1n) is 4.19. The summed E-state index contributed by atoms with van der Waals surface area (Å²) in [5.74, 6) is -0.431. The molecular weight excluding hydrogens is 156 g/mol. The predicted molar refractivity (Wildman–Crippen MR) is 43.6 cm³/mol. The second kappa shape index (κ2) is 2.55. The summed E-state index contributed by atoms with van der Waals surface area (Å²) in [6.45, 7) is -0.484. The molecule has 12 heavy (non-hydrogen) atoms. The summed E-state index contributed by atoms with van der Waals surface area (Å²) in [4.78, 5) is 10.6. The Hall–Kier alpha value is -0.900. The number of nitrogens with one attached hydrogen (secondary N) is 1. The van der Waals surface area contributed by atoms with Gasteiger partial charge in [-0.25, -0.2) is 5.43 Å². The standard InChI is InChI=1S/C8H12N2O2/c11-5-7(12)10-9-6-3-8(4-6)1-2-8/h11H,1-5H2,(H,10,12). The maximum absolute atomic E-state index is 10.6. The van der Waals surface area contributed by atoms with Crippen molar-refractivity contribution in [3.05, 3.63) is 0 Å². The predicted octanol–water partition coefficient (Wildman–Crippen LogP) is 0.0249. The molecule has 4 nitrogen and oxygen atoms in total. The lowest BCUT2D eigenvalue weighted by molar-refractivity contribution is -0.123. The van der Waals surface area contributed by atoms with E-state index in [1.165, 1.54) is 12.8 Å². The number of aliphatic hydroxyl groups is 1. The zero-order chi connectivity index (χ0) is 8.60. The third kappa shape index (κ3) is 1.34. The van der Waals surface area contributed by atoms with Gasteiger partial charge < -0.3 is 5.11 Å². The summed E-state index contributed by atoms with van der Waals surface area (Å²) < 4.78 is 0. The van der Waals surface area contributed by atoms with E-state index in [9.17, 15) is 4.79 Å². The van der Waals surface area contributed by atoms with Crippen molar-refractivity contribution in [2.45, 2.75) is 25.7 Å². The molecule has 0 atom stereocenters. The van der Waals surface area contributed by atoms with Crippen LogP contribution in [0.25, 0.3) is 0 Å². The molecule has 2 N–H and O–H groups in total. The van der Waals surface area contributed by atoms with E-state index in [0.717, 1.165) is 18.6 Å². The number of hydrogen-bond donors (Lipinski definition) is 2. The van der Waals surface area contributed by atoms with Crippen LogP contribution in [0.1, 0.15) is 25.7 Å². The van der Waals surface area contributed by atoms with E-state index in [4.69, 9.17) is 5.11 Å². The number of nitrogens with zero attached hydrogens (tertiary/aromatic N) is 1. The third-order valence-electron chi connectivity index (χ3n) is 2.60. The molecule has 4 heteroatoms. The Labute approximate surface area is 70.7 Å². The SMILES string of the molecule is O=C(CO)NN=C1CC2(CC2)C1. The third-order valence-corrected chi connectivity index (χ3v) is 2.60. The summed E-state index contributed by atoms with van der Waals surface area (Å²) in [5.41, 5.74) is 3.95. The molecule has 2 saturated carbocycles. The summed E-state index contributed by atoms with van der Waals surface area (Å²) in [5, 5.41) is 12.3. The van der Waals surface area contributed by atoms with Gasteiger partial charge in [0.1, 0.15) is 6.61 Å². The number of carbonyl (C=O) groups is 1. The Morgan fingerprint density at radius 2 is 2.25 bits per heavy atom. The van der Waals surface area contributed by atoms with Gasteiger partial charge in [-0.3, -0.25) is 4.79 Å². The molecule has 1 amide bonds. The largest absolute Gasteiger partial charge is 0.386 e. The quantitative estimate of drug-likeness (QED) is 0.571. The normalized spacial score (nSPS) is 23.2. The molecule has 2 rings (SSSR count). The van der Waals surface area contributed by atoms with Gasteiger partial charge in [0, 0.05) is 5.71 Å². The van der Waals surface area contributed by atoms with Crippen LogP contribution in [-0.4, -0.2) is 23.3 Å². The molecule has 66 valence electrons. The van der Waals surface area contributed by atoms with Crippen LogP contribution in [0.15, 0.2) is 5.10 Å². The van der Waals surface area contributed by atoms with Gasteiger partial charge in [0.15, 0.2) is 0 Å². The Balaban J connectivity index is 1.75. The first-order chi connectivity index (χ1) is 5.74. The number of aliphatic hydroxyl groups excluding tert-OH is 1. The van der Waals surface area contributed by atoms with E-state index in [0.29, 0.717) is 5.41 Å². The van der Waals surface area contributed by atoms with Gasteiger partial charge in [0.05, 0.1) is 0 Å². The van der Waals surface area contributed by atoms with Crippen LogP contribution >= 0.6 is 0 Å². The van der Waals surface area contributed by atoms with Crippen LogP contribution in [0.3, 0.4) is 0 Å². The van der Waals surface area contributed by atoms with Crippen LogP contribution in [0.2, 0.25) is 0 Å². The molecule has 0 bridgehead atoms. The van der Waals surface area contributed by atoms with Gasteiger partial charge in [0.2, 0.25) is 0 Å². The Bertz CT molecular complexity index is 233. The van der Waals surface area contributed by atoms with Gasteiger partial charge >= 0.3 is 0 Å². The average molecular weight is 168 g/mol. The Morgan fingerprint density at radius 1 is 1.58 bits per heavy atom. The minimum absolute atomic E-state index is 0.431. The van der Waals surface area contributed by atoms with Gasteiger partial charge in [-0.2, -0.15) is 5.10 Å². The van der Waals surface area contributed by atoms with E-state index in [1.54, 1.807) is 0 Å². The lowest BCUT2D eigenvalue weighted by Gasteiger charge is -2.26. The van der Waals surface area contributed by atoms with E-state index in [1.807, 2.05) is 0 Å². The number of hydrogen-bond acceptors (Lipinski definition) is 3. The highest BCUT2D eigenvalue weighted by atomic mass is 16.3. The highest BCUT2D eigenvalue weighted by molar-refractivity contribution is 5.93. The van der Waals surface area contributed by atoms with Crippen LogP contribution in [0.5, 0.6) is 0 Å². The van der Waals surface area contributed by atoms with Crippen LogP contribution in [-0.2, 0) is 4.79 Å². The van der Waals surface area contributed by atoms with Crippen LogP contribution in [0.4, 0.5) is 0 Å². The average Bonchev–Trinajstić information content (AvgIpc) is 2.77. The summed E-state index contributed by atoms with van der Waals surface area (Å²) >= 11 is 0. The fourth-order valence-electron chi connectivity index (χ4n) is 1.60. The smallest absolute Gasteiger partial charge is 0.265 e. The van der Waals surface area contributed by atoms with Crippen molar-refractivity contribution in [2.75, 3.05) is 6.61 Å². The monoisotopic (exact) mass is 168 g/mol. The van der Waals surface area contributed by atoms with Gasteiger partial charge in [-0.1, -0.05) is 0 Å². The van der Waals surface area contributed by atoms with Crippen LogP contribution in [0, 0.1) is 5.41 Å². The summed E-state index contributed by atoms with van der Waals surface area (Å²) in [7, 11) is 0. The molecule has 2 aliphatic rings. The Kier molecular flexibility index (Phi) is 1.65. The van der Waals surface area contributed by atoms with Gasteiger partial charge in [-0.05, 0) is 31.1 Å². The number of rotatable bonds is 2. The molecule has 0 aromatic heterocycles. The lowest BCUT2D eigenvalue weighted by Crippen LogP contribution is -2.30. The molecule has 0 heterocycles. The highest BCUT2D eigenvalue weighted by Crippen LogP contribution is 2.59. The molecule has 2 fully saturated rings. The van der Waals surface area contributed by atoms with E-state index >= 15 is 0 Å². The van der Waals surface area contributed by atoms with Crippen molar-refractivity contribution in [1.82, 2.24) is 5.43 Å². The van der Waals surface area contributed by atoms with E-state index in [-0.39, 0.29) is 0 Å². The molecule has 0 aromatic rings. The number of amides is 1. The maximum atomic E-state index is 10.6. The minimum atomic E-state index is -0.484. The van der Waals surface area contributed by atoms with Gasteiger partial charge in [-0.15, -0.1) is 0 Å². The van der Waals surface area contributed by atoms with Gasteiger partial charge in [0.25, 0.3) is 5.91 Å². The maximum Gasteiger partial charge on any atom is 0.265 e. The highest BCUT2D eigenvalue weighted by Gasteiger charge is 2.51. The van der Waals surface area contributed by atoms with Crippen molar-refractivity contribution in [3.8, 4) is 0 Å². The van der Waals surface area contributed by atoms with E-state index in [2.05, 4.69) is 10.5 Å². The van der Waals surface area contributed by atoms with Crippen molar-refractivity contribution in [1.29, 1.82) is 0 Å². The Morgan fingerprint density at radius 3 is 2.75 bits per heavy atom.